The van der Waals surface area contributed by atoms with Gasteiger partial charge in [0.2, 0.25) is 0 Å². The molecule has 40 heavy (non-hydrogen) atoms. The van der Waals surface area contributed by atoms with Crippen LogP contribution in [0, 0.1) is 11.8 Å². The first-order chi connectivity index (χ1) is 18.9. The van der Waals surface area contributed by atoms with Crippen molar-refractivity contribution in [3.8, 4) is 0 Å². The van der Waals surface area contributed by atoms with E-state index in [1.165, 1.54) is 14.2 Å². The number of carboxylic acid groups (broad SMARTS) is 1. The number of carbonyl (C=O) groups is 1. The van der Waals surface area contributed by atoms with E-state index in [9.17, 15) is 30.3 Å². The molecule has 15 nitrogen and oxygen atoms in total. The number of methoxy groups -OCH3 is 2. The zero-order valence-electron chi connectivity index (χ0n) is 23.4. The summed E-state index contributed by atoms with van der Waals surface area (Å²) in [5, 5.41) is 82.5. The molecule has 0 amide bonds. The van der Waals surface area contributed by atoms with E-state index in [1.807, 2.05) is 6.92 Å². The predicted octanol–water partition coefficient (Wildman–Crippen LogP) is -3.53. The van der Waals surface area contributed by atoms with Gasteiger partial charge in [0.15, 0.2) is 6.10 Å². The maximum absolute atomic E-state index is 10.7. The molecule has 0 spiro atoms. The van der Waals surface area contributed by atoms with Crippen LogP contribution in [0.2, 0.25) is 0 Å². The van der Waals surface area contributed by atoms with Gasteiger partial charge >= 0.3 is 5.97 Å². The SMILES string of the molecule is COCC1C(O)C(C)OC(CO)C1O.COCC1OC(C(=O)O)C(O)CC1C.OCC1OC(CO)C(O)CC1O. The Labute approximate surface area is 233 Å². The Morgan fingerprint density at radius 3 is 1.68 bits per heavy atom. The van der Waals surface area contributed by atoms with Crippen molar-refractivity contribution >= 4 is 5.97 Å². The molecular formula is C25H48O15. The van der Waals surface area contributed by atoms with Gasteiger partial charge in [-0.2, -0.15) is 0 Å². The van der Waals surface area contributed by atoms with Gasteiger partial charge in [-0.05, 0) is 19.3 Å². The molecule has 0 aliphatic carbocycles. The van der Waals surface area contributed by atoms with Gasteiger partial charge in [0.1, 0.15) is 18.3 Å². The minimum absolute atomic E-state index is 0.112. The summed E-state index contributed by atoms with van der Waals surface area (Å²) in [7, 11) is 3.05. The molecule has 3 fully saturated rings. The van der Waals surface area contributed by atoms with Crippen LogP contribution in [0.5, 0.6) is 0 Å². The smallest absolute Gasteiger partial charge is 0.335 e. The average molecular weight is 589 g/mol. The lowest BCUT2D eigenvalue weighted by Gasteiger charge is -2.40. The molecule has 13 atom stereocenters. The van der Waals surface area contributed by atoms with E-state index in [1.54, 1.807) is 6.92 Å². The lowest BCUT2D eigenvalue weighted by atomic mass is 9.87. The van der Waals surface area contributed by atoms with Crippen LogP contribution >= 0.6 is 0 Å². The Kier molecular flexibility index (Phi) is 17.1. The van der Waals surface area contributed by atoms with E-state index in [2.05, 4.69) is 0 Å². The predicted molar refractivity (Wildman–Crippen MR) is 136 cm³/mol. The van der Waals surface area contributed by atoms with Crippen molar-refractivity contribution in [2.24, 2.45) is 11.8 Å². The topological polar surface area (TPSA) is 245 Å². The van der Waals surface area contributed by atoms with Crippen molar-refractivity contribution in [1.29, 1.82) is 0 Å². The fourth-order valence-electron chi connectivity index (χ4n) is 4.75. The number of hydrogen-bond acceptors (Lipinski definition) is 14. The van der Waals surface area contributed by atoms with Gasteiger partial charge in [-0.3, -0.25) is 0 Å². The molecule has 0 aromatic carbocycles. The van der Waals surface area contributed by atoms with Crippen LogP contribution in [-0.4, -0.2) is 166 Å². The zero-order chi connectivity index (χ0) is 30.6. The zero-order valence-corrected chi connectivity index (χ0v) is 23.4. The average Bonchev–Trinajstić information content (AvgIpc) is 2.91. The molecule has 0 aromatic heterocycles. The van der Waals surface area contributed by atoms with Crippen molar-refractivity contribution < 1.29 is 74.4 Å². The summed E-state index contributed by atoms with van der Waals surface area (Å²) in [6.07, 6.45) is -7.46. The third-order valence-corrected chi connectivity index (χ3v) is 7.21. The van der Waals surface area contributed by atoms with E-state index in [4.69, 9.17) is 44.1 Å². The first-order valence-corrected chi connectivity index (χ1v) is 13.3. The normalized spacial score (nSPS) is 41.6. The number of carboxylic acids is 1. The highest BCUT2D eigenvalue weighted by molar-refractivity contribution is 5.73. The summed E-state index contributed by atoms with van der Waals surface area (Å²) in [6.45, 7) is 3.38. The van der Waals surface area contributed by atoms with E-state index in [0.717, 1.165) is 0 Å². The fraction of sp³-hybridized carbons (Fsp3) is 0.960. The second kappa shape index (κ2) is 18.5. The van der Waals surface area contributed by atoms with Crippen molar-refractivity contribution in [2.75, 3.05) is 47.3 Å². The highest BCUT2D eigenvalue weighted by Gasteiger charge is 2.42. The number of hydrogen-bond donors (Lipinski definition) is 9. The van der Waals surface area contributed by atoms with E-state index in [-0.39, 0.29) is 44.9 Å². The van der Waals surface area contributed by atoms with Crippen LogP contribution in [0.3, 0.4) is 0 Å². The molecule has 3 heterocycles. The van der Waals surface area contributed by atoms with Gasteiger partial charge in [0.25, 0.3) is 0 Å². The number of aliphatic hydroxyl groups excluding tert-OH is 8. The van der Waals surface area contributed by atoms with Crippen LogP contribution in [0.15, 0.2) is 0 Å². The molecule has 238 valence electrons. The quantitative estimate of drug-likeness (QED) is 0.133. The Bertz CT molecular complexity index is 685. The van der Waals surface area contributed by atoms with Gasteiger partial charge in [0.05, 0.1) is 75.8 Å². The molecular weight excluding hydrogens is 540 g/mol. The Morgan fingerprint density at radius 2 is 1.23 bits per heavy atom. The number of rotatable bonds is 8. The van der Waals surface area contributed by atoms with Crippen molar-refractivity contribution in [3.05, 3.63) is 0 Å². The van der Waals surface area contributed by atoms with Crippen LogP contribution < -0.4 is 0 Å². The van der Waals surface area contributed by atoms with Gasteiger partial charge in [-0.25, -0.2) is 4.79 Å². The molecule has 3 aliphatic heterocycles. The molecule has 15 heteroatoms. The molecule has 13 unspecified atom stereocenters. The van der Waals surface area contributed by atoms with Gasteiger partial charge in [0, 0.05) is 26.6 Å². The molecule has 0 saturated carbocycles. The number of ether oxygens (including phenoxy) is 5. The van der Waals surface area contributed by atoms with E-state index >= 15 is 0 Å². The second-order valence-electron chi connectivity index (χ2n) is 10.3. The van der Waals surface area contributed by atoms with E-state index in [0.29, 0.717) is 13.0 Å². The van der Waals surface area contributed by atoms with E-state index < -0.39 is 72.9 Å². The molecule has 0 aromatic rings. The molecule has 0 radical (unpaired) electrons. The Balaban J connectivity index is 0.000000301. The lowest BCUT2D eigenvalue weighted by Crippen LogP contribution is -2.55. The second-order valence-corrected chi connectivity index (χ2v) is 10.3. The van der Waals surface area contributed by atoms with Gasteiger partial charge in [-0.1, -0.05) is 6.92 Å². The van der Waals surface area contributed by atoms with Crippen molar-refractivity contribution in [2.45, 2.75) is 93.8 Å². The minimum atomic E-state index is -1.12. The molecule has 3 saturated heterocycles. The number of aliphatic carboxylic acids is 1. The lowest BCUT2D eigenvalue weighted by molar-refractivity contribution is -0.211. The highest BCUT2D eigenvalue weighted by atomic mass is 16.6. The van der Waals surface area contributed by atoms with Crippen molar-refractivity contribution in [1.82, 2.24) is 0 Å². The Morgan fingerprint density at radius 1 is 0.700 bits per heavy atom. The summed E-state index contributed by atoms with van der Waals surface area (Å²) in [5.74, 6) is -1.41. The summed E-state index contributed by atoms with van der Waals surface area (Å²) >= 11 is 0. The monoisotopic (exact) mass is 588 g/mol. The fourth-order valence-corrected chi connectivity index (χ4v) is 4.75. The molecule has 0 bridgehead atoms. The first-order valence-electron chi connectivity index (χ1n) is 13.3. The third-order valence-electron chi connectivity index (χ3n) is 7.21. The summed E-state index contributed by atoms with van der Waals surface area (Å²) < 4.78 is 25.3. The van der Waals surface area contributed by atoms with Crippen LogP contribution in [-0.2, 0) is 28.5 Å². The van der Waals surface area contributed by atoms with Crippen LogP contribution in [0.4, 0.5) is 0 Å². The minimum Gasteiger partial charge on any atom is -0.479 e. The van der Waals surface area contributed by atoms with Gasteiger partial charge < -0.3 is 69.6 Å². The highest BCUT2D eigenvalue weighted by Crippen LogP contribution is 2.27. The molecule has 3 rings (SSSR count). The van der Waals surface area contributed by atoms with Crippen LogP contribution in [0.25, 0.3) is 0 Å². The maximum atomic E-state index is 10.7. The molecule has 3 aliphatic rings. The summed E-state index contributed by atoms with van der Waals surface area (Å²) in [6, 6.07) is 0. The summed E-state index contributed by atoms with van der Waals surface area (Å²) in [4.78, 5) is 10.7. The standard InChI is InChI=1S/C9H18O5.C9H16O5.C7H14O5/c1-5-8(11)6(4-13-2)9(12)7(3-10)14-5;1-5-3-6(10)8(9(11)12)14-7(5)4-13-2;8-2-6-4(10)1-5(11)7(3-9)12-6/h5-12H,3-4H2,1-2H3;5-8,10H,3-4H2,1-2H3,(H,11,12);4-11H,1-3H2. The maximum Gasteiger partial charge on any atom is 0.335 e. The van der Waals surface area contributed by atoms with Gasteiger partial charge in [-0.15, -0.1) is 0 Å². The molecule has 9 N–H and O–H groups in total. The Hall–Kier alpha value is -1.05. The first kappa shape index (κ1) is 37.0. The van der Waals surface area contributed by atoms with Crippen LogP contribution in [0.1, 0.15) is 26.7 Å². The van der Waals surface area contributed by atoms with Crippen molar-refractivity contribution in [3.63, 3.8) is 0 Å². The largest absolute Gasteiger partial charge is 0.479 e. The third kappa shape index (κ3) is 10.7. The summed E-state index contributed by atoms with van der Waals surface area (Å²) in [5.41, 5.74) is 0. The number of aliphatic hydroxyl groups is 8.